The molecule has 17 heavy (non-hydrogen) atoms. The Hall–Kier alpha value is 0.0169. The van der Waals surface area contributed by atoms with Gasteiger partial charge in [0.15, 0.2) is 0 Å². The van der Waals surface area contributed by atoms with Gasteiger partial charge < -0.3 is 23.7 Å². The zero-order valence-electron chi connectivity index (χ0n) is 11.7. The second kappa shape index (κ2) is 9.01. The summed E-state index contributed by atoms with van der Waals surface area (Å²) >= 11 is 0. The molecule has 0 aliphatic heterocycles. The highest BCUT2D eigenvalue weighted by Gasteiger charge is 2.50. The minimum Gasteiger partial charge on any atom is -0.372 e. The first-order chi connectivity index (χ1) is 8.06. The van der Waals surface area contributed by atoms with E-state index in [0.29, 0.717) is 19.8 Å². The molecule has 0 aliphatic rings. The molecule has 0 aromatic carbocycles. The van der Waals surface area contributed by atoms with Crippen molar-refractivity contribution < 1.29 is 18.0 Å². The van der Waals surface area contributed by atoms with Crippen LogP contribution in [0.4, 0.5) is 0 Å². The van der Waals surface area contributed by atoms with E-state index in [1.807, 2.05) is 27.7 Å². The van der Waals surface area contributed by atoms with Crippen molar-refractivity contribution in [2.45, 2.75) is 53.0 Å². The monoisotopic (exact) mass is 265 g/mol. The van der Waals surface area contributed by atoms with E-state index in [9.17, 15) is 0 Å². The van der Waals surface area contributed by atoms with Crippen molar-refractivity contribution in [1.82, 2.24) is 0 Å². The molecule has 0 rings (SSSR count). The molecule has 0 saturated carbocycles. The van der Waals surface area contributed by atoms with Crippen molar-refractivity contribution in [2.75, 3.05) is 19.8 Å². The highest BCUT2D eigenvalue weighted by molar-refractivity contribution is 6.62. The van der Waals surface area contributed by atoms with E-state index >= 15 is 0 Å². The summed E-state index contributed by atoms with van der Waals surface area (Å²) in [6.07, 6.45) is 0.404. The predicted molar refractivity (Wildman–Crippen MR) is 69.4 cm³/mol. The van der Waals surface area contributed by atoms with E-state index < -0.39 is 8.80 Å². The summed E-state index contributed by atoms with van der Waals surface area (Å²) in [6.45, 7) is 11.2. The molecule has 0 radical (unpaired) electrons. The molecule has 2 unspecified atom stereocenters. The van der Waals surface area contributed by atoms with E-state index in [1.54, 1.807) is 6.92 Å². The zero-order chi connectivity index (χ0) is 13.3. The van der Waals surface area contributed by atoms with E-state index in [-0.39, 0.29) is 12.0 Å². The molecule has 2 atom stereocenters. The van der Waals surface area contributed by atoms with Crippen LogP contribution in [0.1, 0.15) is 41.0 Å². The fourth-order valence-electron chi connectivity index (χ4n) is 1.70. The first-order valence-corrected chi connectivity index (χ1v) is 8.19. The highest BCUT2D eigenvalue weighted by Crippen LogP contribution is 2.21. The molecule has 0 spiro atoms. The van der Waals surface area contributed by atoms with Gasteiger partial charge in [-0.2, -0.15) is 0 Å². The van der Waals surface area contributed by atoms with Crippen molar-refractivity contribution >= 4 is 8.80 Å². The smallest absolute Gasteiger partial charge is 0.372 e. The third-order valence-corrected chi connectivity index (χ3v) is 5.59. The van der Waals surface area contributed by atoms with Crippen LogP contribution in [-0.2, 0) is 18.0 Å². The maximum Gasteiger partial charge on any atom is 0.531 e. The number of hydrogen-bond acceptors (Lipinski definition) is 5. The summed E-state index contributed by atoms with van der Waals surface area (Å²) in [4.78, 5) is 0. The largest absolute Gasteiger partial charge is 0.531 e. The van der Waals surface area contributed by atoms with Crippen LogP contribution in [-0.4, -0.2) is 40.6 Å². The number of rotatable bonds is 10. The van der Waals surface area contributed by atoms with Crippen LogP contribution in [0.3, 0.4) is 0 Å². The van der Waals surface area contributed by atoms with Gasteiger partial charge in [-0.3, -0.25) is 0 Å². The van der Waals surface area contributed by atoms with E-state index in [2.05, 4.69) is 0 Å². The Kier molecular flexibility index (Phi) is 9.02. The molecule has 5 nitrogen and oxygen atoms in total. The van der Waals surface area contributed by atoms with Gasteiger partial charge in [-0.15, -0.1) is 0 Å². The van der Waals surface area contributed by atoms with Crippen LogP contribution in [0.2, 0.25) is 0 Å². The Morgan fingerprint density at radius 1 is 0.941 bits per heavy atom. The van der Waals surface area contributed by atoms with E-state index in [1.165, 1.54) is 0 Å². The first kappa shape index (κ1) is 17.0. The second-order valence-corrected chi connectivity index (χ2v) is 6.36. The van der Waals surface area contributed by atoms with Crippen molar-refractivity contribution in [2.24, 2.45) is 5.73 Å². The lowest BCUT2D eigenvalue weighted by atomic mass is 10.5. The van der Waals surface area contributed by atoms with Gasteiger partial charge in [-0.25, -0.2) is 0 Å². The normalized spacial score (nSPS) is 15.9. The number of ether oxygens (including phenoxy) is 1. The van der Waals surface area contributed by atoms with E-state index in [0.717, 1.165) is 6.42 Å². The lowest BCUT2D eigenvalue weighted by molar-refractivity contribution is -0.0360. The average molecular weight is 265 g/mol. The predicted octanol–water partition coefficient (Wildman–Crippen LogP) is 1.67. The third-order valence-electron chi connectivity index (χ3n) is 2.18. The van der Waals surface area contributed by atoms with Crippen LogP contribution in [0.5, 0.6) is 0 Å². The SMILES string of the molecule is CCO[Si](OCC)(OCC)C(CC)OC(C)N. The van der Waals surface area contributed by atoms with Gasteiger partial charge in [0.25, 0.3) is 0 Å². The Bertz CT molecular complexity index is 175. The molecular formula is C11H27NO4Si. The Labute approximate surface area is 106 Å². The summed E-state index contributed by atoms with van der Waals surface area (Å²) < 4.78 is 23.0. The summed E-state index contributed by atoms with van der Waals surface area (Å²) in [6, 6.07) is 0. The molecule has 0 bridgehead atoms. The van der Waals surface area contributed by atoms with E-state index in [4.69, 9.17) is 23.7 Å². The van der Waals surface area contributed by atoms with Crippen molar-refractivity contribution in [3.63, 3.8) is 0 Å². The lowest BCUT2D eigenvalue weighted by Gasteiger charge is -2.35. The van der Waals surface area contributed by atoms with Gasteiger partial charge in [-0.1, -0.05) is 6.92 Å². The summed E-state index contributed by atoms with van der Waals surface area (Å²) in [5, 5.41) is 0. The molecule has 0 saturated heterocycles. The Morgan fingerprint density at radius 2 is 1.35 bits per heavy atom. The van der Waals surface area contributed by atoms with Crippen LogP contribution in [0.25, 0.3) is 0 Å². The molecular weight excluding hydrogens is 238 g/mol. The van der Waals surface area contributed by atoms with Crippen LogP contribution >= 0.6 is 0 Å². The molecule has 6 heteroatoms. The molecule has 0 fully saturated rings. The minimum atomic E-state index is -2.79. The fourth-order valence-corrected chi connectivity index (χ4v) is 4.59. The maximum absolute atomic E-state index is 5.78. The quantitative estimate of drug-likeness (QED) is 0.481. The Morgan fingerprint density at radius 3 is 1.59 bits per heavy atom. The fraction of sp³-hybridized carbons (Fsp3) is 1.00. The van der Waals surface area contributed by atoms with Crippen molar-refractivity contribution in [1.29, 1.82) is 0 Å². The summed E-state index contributed by atoms with van der Waals surface area (Å²) in [5.74, 6) is 0. The average Bonchev–Trinajstić information content (AvgIpc) is 2.26. The lowest BCUT2D eigenvalue weighted by Crippen LogP contribution is -2.58. The summed E-state index contributed by atoms with van der Waals surface area (Å²) in [5.41, 5.74) is 5.48. The molecule has 0 heterocycles. The molecule has 0 aliphatic carbocycles. The summed E-state index contributed by atoms with van der Waals surface area (Å²) in [7, 11) is -2.79. The molecule has 0 aromatic rings. The molecule has 0 aromatic heterocycles. The van der Waals surface area contributed by atoms with Crippen LogP contribution in [0.15, 0.2) is 0 Å². The van der Waals surface area contributed by atoms with Gasteiger partial charge in [-0.05, 0) is 34.1 Å². The highest BCUT2D eigenvalue weighted by atomic mass is 28.4. The topological polar surface area (TPSA) is 62.9 Å². The Balaban J connectivity index is 4.89. The van der Waals surface area contributed by atoms with Crippen LogP contribution in [0, 0.1) is 0 Å². The number of hydrogen-bond donors (Lipinski definition) is 1. The number of nitrogens with two attached hydrogens (primary N) is 1. The first-order valence-electron chi connectivity index (χ1n) is 6.39. The second-order valence-electron chi connectivity index (χ2n) is 3.64. The third kappa shape index (κ3) is 5.46. The van der Waals surface area contributed by atoms with Crippen molar-refractivity contribution in [3.8, 4) is 0 Å². The van der Waals surface area contributed by atoms with Gasteiger partial charge in [0, 0.05) is 19.8 Å². The van der Waals surface area contributed by atoms with Gasteiger partial charge in [0.2, 0.25) is 0 Å². The van der Waals surface area contributed by atoms with Crippen LogP contribution < -0.4 is 5.73 Å². The standard InChI is InChI=1S/C11H27NO4Si/c1-6-11(16-10(5)12)17(13-7-2,14-8-3)15-9-4/h10-11H,6-9,12H2,1-5H3. The molecule has 2 N–H and O–H groups in total. The molecule has 104 valence electrons. The maximum atomic E-state index is 5.78. The minimum absolute atomic E-state index is 0.206. The molecule has 0 amide bonds. The van der Waals surface area contributed by atoms with Gasteiger partial charge in [0.1, 0.15) is 12.0 Å². The van der Waals surface area contributed by atoms with Crippen molar-refractivity contribution in [3.05, 3.63) is 0 Å². The van der Waals surface area contributed by atoms with Gasteiger partial charge in [0.05, 0.1) is 0 Å². The zero-order valence-corrected chi connectivity index (χ0v) is 12.7. The van der Waals surface area contributed by atoms with Gasteiger partial charge >= 0.3 is 8.80 Å².